The predicted molar refractivity (Wildman–Crippen MR) is 102 cm³/mol. The average Bonchev–Trinajstić information content (AvgIpc) is 3.15. The van der Waals surface area contributed by atoms with Gasteiger partial charge in [-0.25, -0.2) is 14.7 Å². The highest BCUT2D eigenvalue weighted by atomic mass is 16.5. The summed E-state index contributed by atoms with van der Waals surface area (Å²) in [6.07, 6.45) is 4.88. The van der Waals surface area contributed by atoms with E-state index in [1.807, 2.05) is 43.3 Å². The second-order valence-electron chi connectivity index (χ2n) is 7.25. The number of hydrogen-bond donors (Lipinski definition) is 0. The van der Waals surface area contributed by atoms with E-state index in [2.05, 4.69) is 15.1 Å². The van der Waals surface area contributed by atoms with E-state index < -0.39 is 0 Å². The zero-order chi connectivity index (χ0) is 19.5. The van der Waals surface area contributed by atoms with Crippen LogP contribution in [0.15, 0.2) is 35.6 Å². The first-order chi connectivity index (χ1) is 13.5. The van der Waals surface area contributed by atoms with Crippen molar-refractivity contribution in [3.63, 3.8) is 0 Å². The second-order valence-corrected chi connectivity index (χ2v) is 7.25. The molecule has 3 aromatic rings. The monoisotopic (exact) mass is 377 g/mol. The highest BCUT2D eigenvalue weighted by Gasteiger charge is 2.58. The van der Waals surface area contributed by atoms with Gasteiger partial charge in [-0.15, -0.1) is 0 Å². The van der Waals surface area contributed by atoms with Gasteiger partial charge in [-0.1, -0.05) is 0 Å². The van der Waals surface area contributed by atoms with Gasteiger partial charge in [-0.3, -0.25) is 4.79 Å². The number of carbonyl (C=O) groups excluding carboxylic acids is 1. The number of aliphatic imine (C=N–C) groups is 1. The summed E-state index contributed by atoms with van der Waals surface area (Å²) in [4.78, 5) is 23.9. The smallest absolute Gasteiger partial charge is 0.285 e. The summed E-state index contributed by atoms with van der Waals surface area (Å²) >= 11 is 0. The van der Waals surface area contributed by atoms with Crippen LogP contribution in [-0.2, 0) is 5.41 Å². The van der Waals surface area contributed by atoms with Crippen molar-refractivity contribution in [2.75, 3.05) is 21.2 Å². The zero-order valence-corrected chi connectivity index (χ0v) is 15.8. The number of carbonyl (C=O) groups is 1. The molecule has 2 aliphatic rings. The Kier molecular flexibility index (Phi) is 3.42. The summed E-state index contributed by atoms with van der Waals surface area (Å²) in [5.74, 6) is 1.67. The Morgan fingerprint density at radius 3 is 2.61 bits per heavy atom. The van der Waals surface area contributed by atoms with Crippen molar-refractivity contribution < 1.29 is 9.53 Å². The van der Waals surface area contributed by atoms with E-state index in [0.29, 0.717) is 17.2 Å². The van der Waals surface area contributed by atoms with Crippen LogP contribution in [0.25, 0.3) is 5.69 Å². The van der Waals surface area contributed by atoms with Gasteiger partial charge in [0.25, 0.3) is 5.91 Å². The molecule has 0 saturated heterocycles. The zero-order valence-electron chi connectivity index (χ0n) is 15.8. The number of nitrogens with zero attached hydrogens (tertiary/aromatic N) is 7. The lowest BCUT2D eigenvalue weighted by Gasteiger charge is -2.19. The average molecular weight is 377 g/mol. The molecule has 1 aliphatic heterocycles. The van der Waals surface area contributed by atoms with Gasteiger partial charge in [0.1, 0.15) is 23.5 Å². The van der Waals surface area contributed by atoms with Crippen molar-refractivity contribution >= 4 is 18.1 Å². The molecule has 9 heteroatoms. The van der Waals surface area contributed by atoms with Crippen LogP contribution in [-0.4, -0.2) is 62.9 Å². The van der Waals surface area contributed by atoms with Crippen molar-refractivity contribution in [2.45, 2.75) is 18.3 Å². The summed E-state index contributed by atoms with van der Waals surface area (Å²) in [6.45, 7) is 0. The first-order valence-corrected chi connectivity index (χ1v) is 8.99. The maximum absolute atomic E-state index is 13.2. The molecule has 3 heterocycles. The van der Waals surface area contributed by atoms with Crippen molar-refractivity contribution in [1.29, 1.82) is 0 Å². The Balaban J connectivity index is 1.74. The lowest BCUT2D eigenvalue weighted by molar-refractivity contribution is 0.0931. The molecule has 1 fully saturated rings. The fourth-order valence-electron chi connectivity index (χ4n) is 3.65. The van der Waals surface area contributed by atoms with Crippen LogP contribution in [0.3, 0.4) is 0 Å². The van der Waals surface area contributed by atoms with E-state index in [1.165, 1.54) is 11.0 Å². The molecule has 0 radical (unpaired) electrons. The van der Waals surface area contributed by atoms with Gasteiger partial charge in [0.2, 0.25) is 0 Å². The van der Waals surface area contributed by atoms with Crippen molar-refractivity contribution in [1.82, 2.24) is 29.4 Å². The molecular formula is C19H19N7O2. The van der Waals surface area contributed by atoms with Gasteiger partial charge >= 0.3 is 0 Å². The van der Waals surface area contributed by atoms with Gasteiger partial charge < -0.3 is 9.64 Å². The fraction of sp³-hybridized carbons (Fsp3) is 0.316. The van der Waals surface area contributed by atoms with Crippen LogP contribution in [0, 0.1) is 0 Å². The molecule has 1 aromatic carbocycles. The highest BCUT2D eigenvalue weighted by molar-refractivity contribution is 6.03. The number of rotatable bonds is 4. The Morgan fingerprint density at radius 2 is 1.96 bits per heavy atom. The van der Waals surface area contributed by atoms with E-state index in [0.717, 1.165) is 30.0 Å². The maximum Gasteiger partial charge on any atom is 0.285 e. The normalized spacial score (nSPS) is 16.3. The third-order valence-electron chi connectivity index (χ3n) is 5.17. The number of hydrogen-bond acceptors (Lipinski definition) is 6. The quantitative estimate of drug-likeness (QED) is 0.508. The second kappa shape index (κ2) is 5.75. The standard InChI is InChI=1S/C19H19N7O2/c1-24(2)11-21-16-14-15(23-25(16)12-4-6-13(28-3)7-5-12)19(8-9-19)18-20-10-22-26(18)17(14)27/h4-7,10-11H,8-9H2,1-3H3/b21-11+. The lowest BCUT2D eigenvalue weighted by Crippen LogP contribution is -2.31. The molecular weight excluding hydrogens is 358 g/mol. The molecule has 5 rings (SSSR count). The Bertz CT molecular complexity index is 1100. The van der Waals surface area contributed by atoms with Gasteiger partial charge in [0.15, 0.2) is 5.82 Å². The fourth-order valence-corrected chi connectivity index (χ4v) is 3.65. The molecule has 0 atom stereocenters. The SMILES string of the molecule is COc1ccc(-n2nc3c(c2/N=C/N(C)C)C(=O)n2ncnc2C32CC2)cc1. The Hall–Kier alpha value is -3.49. The van der Waals surface area contributed by atoms with E-state index in [9.17, 15) is 4.79 Å². The number of fused-ring (bicyclic) bond motifs is 4. The minimum Gasteiger partial charge on any atom is -0.497 e. The van der Waals surface area contributed by atoms with Crippen LogP contribution < -0.4 is 4.74 Å². The third kappa shape index (κ3) is 2.22. The minimum absolute atomic E-state index is 0.245. The molecule has 142 valence electrons. The molecule has 1 saturated carbocycles. The largest absolute Gasteiger partial charge is 0.497 e. The van der Waals surface area contributed by atoms with E-state index >= 15 is 0 Å². The summed E-state index contributed by atoms with van der Waals surface area (Å²) in [7, 11) is 5.38. The van der Waals surface area contributed by atoms with E-state index in [4.69, 9.17) is 9.84 Å². The first kappa shape index (κ1) is 16.7. The topological polar surface area (TPSA) is 90.4 Å². The van der Waals surface area contributed by atoms with Gasteiger partial charge in [-0.05, 0) is 37.1 Å². The summed E-state index contributed by atoms with van der Waals surface area (Å²) in [5.41, 5.74) is 1.68. The molecule has 2 aromatic heterocycles. The van der Waals surface area contributed by atoms with Crippen LogP contribution in [0.5, 0.6) is 5.75 Å². The number of ether oxygens (including phenoxy) is 1. The summed E-state index contributed by atoms with van der Waals surface area (Å²) < 4.78 is 8.36. The molecule has 9 nitrogen and oxygen atoms in total. The summed E-state index contributed by atoms with van der Waals surface area (Å²) in [6, 6.07) is 7.51. The molecule has 28 heavy (non-hydrogen) atoms. The van der Waals surface area contributed by atoms with Crippen LogP contribution >= 0.6 is 0 Å². The Morgan fingerprint density at radius 1 is 1.21 bits per heavy atom. The first-order valence-electron chi connectivity index (χ1n) is 8.99. The molecule has 0 amide bonds. The minimum atomic E-state index is -0.347. The van der Waals surface area contributed by atoms with Crippen LogP contribution in [0.1, 0.15) is 34.7 Å². The number of methoxy groups -OCH3 is 1. The number of aromatic nitrogens is 5. The molecule has 0 bridgehead atoms. The maximum atomic E-state index is 13.2. The van der Waals surface area contributed by atoms with Crippen LogP contribution in [0.2, 0.25) is 0 Å². The molecule has 0 unspecified atom stereocenters. The van der Waals surface area contributed by atoms with Crippen molar-refractivity contribution in [3.05, 3.63) is 47.7 Å². The van der Waals surface area contributed by atoms with E-state index in [-0.39, 0.29) is 11.3 Å². The highest BCUT2D eigenvalue weighted by Crippen LogP contribution is 2.56. The van der Waals surface area contributed by atoms with Gasteiger partial charge in [0, 0.05) is 14.1 Å². The third-order valence-corrected chi connectivity index (χ3v) is 5.17. The Labute approximate surface area is 161 Å². The van der Waals surface area contributed by atoms with E-state index in [1.54, 1.807) is 18.1 Å². The lowest BCUT2D eigenvalue weighted by atomic mass is 9.93. The predicted octanol–water partition coefficient (Wildman–Crippen LogP) is 1.78. The van der Waals surface area contributed by atoms with Crippen LogP contribution in [0.4, 0.5) is 5.82 Å². The molecule has 1 aliphatic carbocycles. The van der Waals surface area contributed by atoms with Crippen molar-refractivity contribution in [2.24, 2.45) is 4.99 Å². The number of benzene rings is 1. The van der Waals surface area contributed by atoms with Crippen molar-refractivity contribution in [3.8, 4) is 11.4 Å². The summed E-state index contributed by atoms with van der Waals surface area (Å²) in [5, 5.41) is 8.99. The molecule has 0 N–H and O–H groups in total. The van der Waals surface area contributed by atoms with Gasteiger partial charge in [0.05, 0.1) is 30.2 Å². The molecule has 1 spiro atoms. The van der Waals surface area contributed by atoms with Gasteiger partial charge in [-0.2, -0.15) is 14.9 Å².